The van der Waals surface area contributed by atoms with Gasteiger partial charge in [-0.25, -0.2) is 18.7 Å². The van der Waals surface area contributed by atoms with Gasteiger partial charge < -0.3 is 5.32 Å². The van der Waals surface area contributed by atoms with Gasteiger partial charge in [0.1, 0.15) is 6.33 Å². The molecule has 1 aromatic carbocycles. The Hall–Kier alpha value is -1.88. The second-order valence-corrected chi connectivity index (χ2v) is 3.57. The molecule has 88 valence electrons. The highest BCUT2D eigenvalue weighted by Gasteiger charge is 2.14. The van der Waals surface area contributed by atoms with Crippen LogP contribution in [0, 0.1) is 11.6 Å². The molecule has 0 amide bonds. The molecule has 0 bridgehead atoms. The molecule has 1 aromatic heterocycles. The van der Waals surface area contributed by atoms with Crippen LogP contribution in [0.25, 0.3) is 0 Å². The van der Waals surface area contributed by atoms with Gasteiger partial charge in [0.25, 0.3) is 0 Å². The van der Waals surface area contributed by atoms with Crippen molar-refractivity contribution < 1.29 is 8.78 Å². The molecule has 0 aliphatic heterocycles. The SMILES string of the molecule is CNC(c1cncnc1)c1ccc(F)c(F)c1. The van der Waals surface area contributed by atoms with Gasteiger partial charge in [-0.1, -0.05) is 6.07 Å². The van der Waals surface area contributed by atoms with Crippen LogP contribution in [0.2, 0.25) is 0 Å². The average Bonchev–Trinajstić information content (AvgIpc) is 2.36. The molecule has 0 saturated heterocycles. The van der Waals surface area contributed by atoms with Crippen LogP contribution in [0.3, 0.4) is 0 Å². The van der Waals surface area contributed by atoms with E-state index >= 15 is 0 Å². The molecular formula is C12H11F2N3. The van der Waals surface area contributed by atoms with Crippen LogP contribution in [-0.4, -0.2) is 17.0 Å². The third kappa shape index (κ3) is 2.45. The second-order valence-electron chi connectivity index (χ2n) is 3.57. The van der Waals surface area contributed by atoms with Gasteiger partial charge in [0, 0.05) is 18.0 Å². The van der Waals surface area contributed by atoms with Gasteiger partial charge in [0.15, 0.2) is 11.6 Å². The largest absolute Gasteiger partial charge is 0.309 e. The fraction of sp³-hybridized carbons (Fsp3) is 0.167. The summed E-state index contributed by atoms with van der Waals surface area (Å²) in [7, 11) is 1.74. The lowest BCUT2D eigenvalue weighted by atomic mass is 10.0. The summed E-state index contributed by atoms with van der Waals surface area (Å²) in [5, 5.41) is 3.01. The topological polar surface area (TPSA) is 37.8 Å². The fourth-order valence-electron chi connectivity index (χ4n) is 1.68. The maximum atomic E-state index is 13.2. The number of aromatic nitrogens is 2. The summed E-state index contributed by atoms with van der Waals surface area (Å²) in [6.45, 7) is 0. The predicted octanol–water partition coefficient (Wildman–Crippen LogP) is 2.06. The number of hydrogen-bond acceptors (Lipinski definition) is 3. The molecular weight excluding hydrogens is 224 g/mol. The Morgan fingerprint density at radius 1 is 1.06 bits per heavy atom. The minimum atomic E-state index is -0.861. The Morgan fingerprint density at radius 2 is 1.76 bits per heavy atom. The van der Waals surface area contributed by atoms with Crippen LogP contribution < -0.4 is 5.32 Å². The van der Waals surface area contributed by atoms with Gasteiger partial charge in [-0.2, -0.15) is 0 Å². The van der Waals surface area contributed by atoms with Crippen LogP contribution in [-0.2, 0) is 0 Å². The molecule has 0 saturated carbocycles. The second kappa shape index (κ2) is 4.97. The summed E-state index contributed by atoms with van der Waals surface area (Å²) >= 11 is 0. The van der Waals surface area contributed by atoms with E-state index in [9.17, 15) is 8.78 Å². The number of rotatable bonds is 3. The first-order valence-corrected chi connectivity index (χ1v) is 5.09. The fourth-order valence-corrected chi connectivity index (χ4v) is 1.68. The number of nitrogens with one attached hydrogen (secondary N) is 1. The quantitative estimate of drug-likeness (QED) is 0.884. The molecule has 0 aliphatic carbocycles. The van der Waals surface area contributed by atoms with Crippen molar-refractivity contribution in [1.82, 2.24) is 15.3 Å². The van der Waals surface area contributed by atoms with Crippen molar-refractivity contribution in [2.24, 2.45) is 0 Å². The van der Waals surface area contributed by atoms with E-state index in [0.29, 0.717) is 5.56 Å². The van der Waals surface area contributed by atoms with Crippen molar-refractivity contribution >= 4 is 0 Å². The molecule has 0 fully saturated rings. The van der Waals surface area contributed by atoms with Crippen LogP contribution >= 0.6 is 0 Å². The van der Waals surface area contributed by atoms with Crippen LogP contribution in [0.5, 0.6) is 0 Å². The molecule has 0 spiro atoms. The van der Waals surface area contributed by atoms with Crippen molar-refractivity contribution in [2.75, 3.05) is 7.05 Å². The van der Waals surface area contributed by atoms with Gasteiger partial charge in [-0.15, -0.1) is 0 Å². The Kier molecular flexibility index (Phi) is 3.39. The number of halogens is 2. The predicted molar refractivity (Wildman–Crippen MR) is 59.3 cm³/mol. The number of benzene rings is 1. The lowest BCUT2D eigenvalue weighted by Crippen LogP contribution is -2.18. The summed E-state index contributed by atoms with van der Waals surface area (Å²) in [4.78, 5) is 7.80. The number of nitrogens with zero attached hydrogens (tertiary/aromatic N) is 2. The van der Waals surface area contributed by atoms with Crippen LogP contribution in [0.1, 0.15) is 17.2 Å². The smallest absolute Gasteiger partial charge is 0.159 e. The molecule has 0 aliphatic rings. The summed E-state index contributed by atoms with van der Waals surface area (Å²) < 4.78 is 26.0. The Morgan fingerprint density at radius 3 is 2.35 bits per heavy atom. The van der Waals surface area contributed by atoms with Crippen molar-refractivity contribution in [3.63, 3.8) is 0 Å². The zero-order valence-electron chi connectivity index (χ0n) is 9.19. The van der Waals surface area contributed by atoms with Gasteiger partial charge in [0.2, 0.25) is 0 Å². The first kappa shape index (κ1) is 11.6. The monoisotopic (exact) mass is 235 g/mol. The molecule has 17 heavy (non-hydrogen) atoms. The van der Waals surface area contributed by atoms with E-state index in [0.717, 1.165) is 11.6 Å². The molecule has 1 heterocycles. The molecule has 1 atom stereocenters. The summed E-state index contributed by atoms with van der Waals surface area (Å²) in [6.07, 6.45) is 4.69. The van der Waals surface area contributed by atoms with Crippen LogP contribution in [0.4, 0.5) is 8.78 Å². The lowest BCUT2D eigenvalue weighted by Gasteiger charge is -2.16. The highest BCUT2D eigenvalue weighted by atomic mass is 19.2. The normalized spacial score (nSPS) is 12.4. The van der Waals surface area contributed by atoms with E-state index in [4.69, 9.17) is 0 Å². The highest BCUT2D eigenvalue weighted by molar-refractivity contribution is 5.29. The minimum Gasteiger partial charge on any atom is -0.309 e. The van der Waals surface area contributed by atoms with E-state index in [1.807, 2.05) is 0 Å². The molecule has 0 radical (unpaired) electrons. The molecule has 1 N–H and O–H groups in total. The standard InChI is InChI=1S/C12H11F2N3/c1-15-12(9-5-16-7-17-6-9)8-2-3-10(13)11(14)4-8/h2-7,12,15H,1H3. The van der Waals surface area contributed by atoms with E-state index in [1.165, 1.54) is 18.5 Å². The van der Waals surface area contributed by atoms with Crippen molar-refractivity contribution in [3.05, 3.63) is 59.7 Å². The maximum Gasteiger partial charge on any atom is 0.159 e. The molecule has 5 heteroatoms. The van der Waals surface area contributed by atoms with E-state index < -0.39 is 11.6 Å². The lowest BCUT2D eigenvalue weighted by molar-refractivity contribution is 0.505. The molecule has 2 aromatic rings. The zero-order chi connectivity index (χ0) is 12.3. The summed E-state index contributed by atoms with van der Waals surface area (Å²) in [5.74, 6) is -1.72. The van der Waals surface area contributed by atoms with E-state index in [2.05, 4.69) is 15.3 Å². The first-order valence-electron chi connectivity index (χ1n) is 5.09. The summed E-state index contributed by atoms with van der Waals surface area (Å²) in [6, 6.07) is 3.56. The maximum absolute atomic E-state index is 13.2. The molecule has 2 rings (SSSR count). The highest BCUT2D eigenvalue weighted by Crippen LogP contribution is 2.21. The molecule has 1 unspecified atom stereocenters. The van der Waals surface area contributed by atoms with E-state index in [1.54, 1.807) is 19.4 Å². The van der Waals surface area contributed by atoms with Crippen LogP contribution in [0.15, 0.2) is 36.9 Å². The Bertz CT molecular complexity index is 502. The van der Waals surface area contributed by atoms with Crippen molar-refractivity contribution in [2.45, 2.75) is 6.04 Å². The Balaban J connectivity index is 2.39. The third-order valence-electron chi connectivity index (χ3n) is 2.48. The third-order valence-corrected chi connectivity index (χ3v) is 2.48. The van der Waals surface area contributed by atoms with Gasteiger partial charge >= 0.3 is 0 Å². The number of hydrogen-bond donors (Lipinski definition) is 1. The zero-order valence-corrected chi connectivity index (χ0v) is 9.19. The van der Waals surface area contributed by atoms with E-state index in [-0.39, 0.29) is 6.04 Å². The summed E-state index contributed by atoms with van der Waals surface area (Å²) in [5.41, 5.74) is 1.42. The van der Waals surface area contributed by atoms with Crippen molar-refractivity contribution in [1.29, 1.82) is 0 Å². The average molecular weight is 235 g/mol. The van der Waals surface area contributed by atoms with Gasteiger partial charge in [-0.05, 0) is 24.7 Å². The van der Waals surface area contributed by atoms with Gasteiger partial charge in [0.05, 0.1) is 6.04 Å². The van der Waals surface area contributed by atoms with Gasteiger partial charge in [-0.3, -0.25) is 0 Å². The molecule has 3 nitrogen and oxygen atoms in total. The first-order chi connectivity index (χ1) is 8.22. The van der Waals surface area contributed by atoms with Crippen molar-refractivity contribution in [3.8, 4) is 0 Å². The minimum absolute atomic E-state index is 0.258. The Labute approximate surface area is 97.5 Å².